The molecular formula is C23H23ClN4O3. The van der Waals surface area contributed by atoms with E-state index in [0.29, 0.717) is 41.9 Å². The van der Waals surface area contributed by atoms with E-state index >= 15 is 0 Å². The van der Waals surface area contributed by atoms with Crippen molar-refractivity contribution >= 4 is 51.6 Å². The highest BCUT2D eigenvalue weighted by atomic mass is 35.5. The number of carboxylic acids is 1. The summed E-state index contributed by atoms with van der Waals surface area (Å²) < 4.78 is 0. The quantitative estimate of drug-likeness (QED) is 0.619. The fourth-order valence-corrected chi connectivity index (χ4v) is 4.02. The molecule has 2 N–H and O–H groups in total. The van der Waals surface area contributed by atoms with Gasteiger partial charge in [0.1, 0.15) is 5.82 Å². The molecule has 1 fully saturated rings. The van der Waals surface area contributed by atoms with Crippen LogP contribution in [0.4, 0.5) is 17.2 Å². The summed E-state index contributed by atoms with van der Waals surface area (Å²) in [7, 11) is 0. The molecule has 1 saturated heterocycles. The van der Waals surface area contributed by atoms with Crippen LogP contribution >= 0.6 is 11.6 Å². The highest BCUT2D eigenvalue weighted by Crippen LogP contribution is 2.29. The molecule has 31 heavy (non-hydrogen) atoms. The molecule has 4 rings (SSSR count). The van der Waals surface area contributed by atoms with Crippen LogP contribution in [0.3, 0.4) is 0 Å². The van der Waals surface area contributed by atoms with Gasteiger partial charge in [-0.3, -0.25) is 4.79 Å². The number of halogens is 1. The van der Waals surface area contributed by atoms with Crippen LogP contribution in [0.5, 0.6) is 0 Å². The lowest BCUT2D eigenvalue weighted by atomic mass is 10.1. The average Bonchev–Trinajstić information content (AvgIpc) is 2.78. The van der Waals surface area contributed by atoms with E-state index in [9.17, 15) is 14.7 Å². The SMILES string of the molecule is CCC(=O)Nc1ccc2nc(N3CCN(c4ccccc4Cl)CC3)cc(C(=O)O)c2c1. The van der Waals surface area contributed by atoms with E-state index in [4.69, 9.17) is 16.6 Å². The standard InChI is InChI=1S/C23H23ClN4O3/c1-2-22(29)25-15-7-8-19-16(13-15)17(23(30)31)14-21(26-19)28-11-9-27(10-12-28)20-6-4-3-5-18(20)24/h3-8,13-14H,2,9-12H2,1H3,(H,25,29)(H,30,31). The first kappa shape index (κ1) is 20.9. The first-order valence-corrected chi connectivity index (χ1v) is 10.6. The van der Waals surface area contributed by atoms with Crippen molar-refractivity contribution < 1.29 is 14.7 Å². The number of carbonyl (C=O) groups excluding carboxylic acids is 1. The molecule has 2 aromatic carbocycles. The Morgan fingerprint density at radius 3 is 2.45 bits per heavy atom. The van der Waals surface area contributed by atoms with Crippen LogP contribution in [0.25, 0.3) is 10.9 Å². The molecular weight excluding hydrogens is 416 g/mol. The van der Waals surface area contributed by atoms with Gasteiger partial charge in [0.2, 0.25) is 5.91 Å². The van der Waals surface area contributed by atoms with Crippen LogP contribution in [0.15, 0.2) is 48.5 Å². The third kappa shape index (κ3) is 4.41. The second-order valence-corrected chi connectivity index (χ2v) is 7.80. The fraction of sp³-hybridized carbons (Fsp3) is 0.261. The number of carbonyl (C=O) groups is 2. The highest BCUT2D eigenvalue weighted by molar-refractivity contribution is 6.33. The van der Waals surface area contributed by atoms with E-state index in [1.54, 1.807) is 31.2 Å². The van der Waals surface area contributed by atoms with Crippen molar-refractivity contribution in [1.82, 2.24) is 4.98 Å². The van der Waals surface area contributed by atoms with E-state index < -0.39 is 5.97 Å². The molecule has 160 valence electrons. The zero-order valence-electron chi connectivity index (χ0n) is 17.1. The van der Waals surface area contributed by atoms with E-state index in [1.807, 2.05) is 24.3 Å². The van der Waals surface area contributed by atoms with Crippen LogP contribution in [-0.2, 0) is 4.79 Å². The van der Waals surface area contributed by atoms with Crippen LogP contribution in [0.2, 0.25) is 5.02 Å². The Balaban J connectivity index is 1.60. The molecule has 0 atom stereocenters. The van der Waals surface area contributed by atoms with Gasteiger partial charge < -0.3 is 20.2 Å². The second kappa shape index (κ2) is 8.81. The molecule has 8 heteroatoms. The molecule has 0 saturated carbocycles. The Kier molecular flexibility index (Phi) is 5.95. The van der Waals surface area contributed by atoms with Gasteiger partial charge in [0.25, 0.3) is 0 Å². The predicted molar refractivity (Wildman–Crippen MR) is 124 cm³/mol. The molecule has 1 amide bonds. The normalized spacial score (nSPS) is 14.0. The van der Waals surface area contributed by atoms with Crippen molar-refractivity contribution in [2.75, 3.05) is 41.3 Å². The molecule has 1 aliphatic heterocycles. The molecule has 0 bridgehead atoms. The number of aromatic nitrogens is 1. The van der Waals surface area contributed by atoms with Crippen LogP contribution in [0.1, 0.15) is 23.7 Å². The molecule has 0 unspecified atom stereocenters. The van der Waals surface area contributed by atoms with Crippen LogP contribution in [0, 0.1) is 0 Å². The number of nitrogens with one attached hydrogen (secondary N) is 1. The number of hydrogen-bond acceptors (Lipinski definition) is 5. The molecule has 0 aliphatic carbocycles. The van der Waals surface area contributed by atoms with Crippen molar-refractivity contribution in [2.45, 2.75) is 13.3 Å². The summed E-state index contributed by atoms with van der Waals surface area (Å²) >= 11 is 6.33. The lowest BCUT2D eigenvalue weighted by molar-refractivity contribution is -0.115. The fourth-order valence-electron chi connectivity index (χ4n) is 3.76. The number of rotatable bonds is 5. The predicted octanol–water partition coefficient (Wildman–Crippen LogP) is 4.26. The summed E-state index contributed by atoms with van der Waals surface area (Å²) in [5.41, 5.74) is 2.31. The number of benzene rings is 2. The van der Waals surface area contributed by atoms with Gasteiger partial charge in [-0.25, -0.2) is 9.78 Å². The first-order chi connectivity index (χ1) is 15.0. The minimum Gasteiger partial charge on any atom is -0.478 e. The molecule has 7 nitrogen and oxygen atoms in total. The maximum atomic E-state index is 12.0. The molecule has 2 heterocycles. The Labute approximate surface area is 185 Å². The lowest BCUT2D eigenvalue weighted by Gasteiger charge is -2.37. The van der Waals surface area contributed by atoms with Gasteiger partial charge in [-0.2, -0.15) is 0 Å². The van der Waals surface area contributed by atoms with Crippen molar-refractivity contribution in [3.63, 3.8) is 0 Å². The largest absolute Gasteiger partial charge is 0.478 e. The number of carboxylic acid groups (broad SMARTS) is 1. The number of amides is 1. The molecule has 0 radical (unpaired) electrons. The number of fused-ring (bicyclic) bond motifs is 1. The number of pyridine rings is 1. The Hall–Kier alpha value is -3.32. The van der Waals surface area contributed by atoms with Crippen LogP contribution in [-0.4, -0.2) is 48.1 Å². The van der Waals surface area contributed by atoms with Crippen molar-refractivity contribution in [3.8, 4) is 0 Å². The van der Waals surface area contributed by atoms with Crippen molar-refractivity contribution in [2.24, 2.45) is 0 Å². The van der Waals surface area contributed by atoms with Crippen LogP contribution < -0.4 is 15.1 Å². The number of nitrogens with zero attached hydrogens (tertiary/aromatic N) is 3. The average molecular weight is 439 g/mol. The summed E-state index contributed by atoms with van der Waals surface area (Å²) in [5, 5.41) is 13.8. The number of piperazine rings is 1. The molecule has 3 aromatic rings. The van der Waals surface area contributed by atoms with E-state index in [1.165, 1.54) is 0 Å². The van der Waals surface area contributed by atoms with Gasteiger partial charge in [0, 0.05) is 43.7 Å². The maximum Gasteiger partial charge on any atom is 0.336 e. The summed E-state index contributed by atoms with van der Waals surface area (Å²) in [6.45, 7) is 4.68. The summed E-state index contributed by atoms with van der Waals surface area (Å²) in [5.74, 6) is -0.520. The minimum atomic E-state index is -1.03. The third-order valence-corrected chi connectivity index (χ3v) is 5.75. The van der Waals surface area contributed by atoms with Gasteiger partial charge in [0.05, 0.1) is 21.8 Å². The van der Waals surface area contributed by atoms with Gasteiger partial charge in [-0.05, 0) is 36.4 Å². The second-order valence-electron chi connectivity index (χ2n) is 7.39. The lowest BCUT2D eigenvalue weighted by Crippen LogP contribution is -2.47. The minimum absolute atomic E-state index is 0.128. The van der Waals surface area contributed by atoms with Gasteiger partial charge in [-0.15, -0.1) is 0 Å². The number of anilines is 3. The molecule has 1 aromatic heterocycles. The van der Waals surface area contributed by atoms with Crippen molar-refractivity contribution in [1.29, 1.82) is 0 Å². The third-order valence-electron chi connectivity index (χ3n) is 5.43. The summed E-state index contributed by atoms with van der Waals surface area (Å²) in [6, 6.07) is 14.5. The topological polar surface area (TPSA) is 85.8 Å². The van der Waals surface area contributed by atoms with Gasteiger partial charge in [-0.1, -0.05) is 30.7 Å². The Morgan fingerprint density at radius 2 is 1.77 bits per heavy atom. The highest BCUT2D eigenvalue weighted by Gasteiger charge is 2.22. The first-order valence-electron chi connectivity index (χ1n) is 10.2. The Bertz CT molecular complexity index is 1140. The smallest absolute Gasteiger partial charge is 0.336 e. The van der Waals surface area contributed by atoms with E-state index in [0.717, 1.165) is 23.8 Å². The van der Waals surface area contributed by atoms with Gasteiger partial charge >= 0.3 is 5.97 Å². The Morgan fingerprint density at radius 1 is 1.06 bits per heavy atom. The zero-order chi connectivity index (χ0) is 22.0. The van der Waals surface area contributed by atoms with E-state index in [2.05, 4.69) is 15.1 Å². The molecule has 1 aliphatic rings. The number of hydrogen-bond donors (Lipinski definition) is 2. The zero-order valence-corrected chi connectivity index (χ0v) is 17.9. The molecule has 0 spiro atoms. The summed E-state index contributed by atoms with van der Waals surface area (Å²) in [4.78, 5) is 32.7. The monoisotopic (exact) mass is 438 g/mol. The van der Waals surface area contributed by atoms with E-state index in [-0.39, 0.29) is 11.5 Å². The summed E-state index contributed by atoms with van der Waals surface area (Å²) in [6.07, 6.45) is 0.348. The maximum absolute atomic E-state index is 12.0. The number of para-hydroxylation sites is 1. The number of aromatic carboxylic acids is 1. The van der Waals surface area contributed by atoms with Crippen molar-refractivity contribution in [3.05, 3.63) is 59.1 Å². The van der Waals surface area contributed by atoms with Gasteiger partial charge in [0.15, 0.2) is 0 Å².